The Kier molecular flexibility index (Phi) is 3.17. The molecule has 1 atom stereocenters. The third kappa shape index (κ3) is 2.44. The summed E-state index contributed by atoms with van der Waals surface area (Å²) in [5.74, 6) is 2.62. The Morgan fingerprint density at radius 3 is 2.76 bits per heavy atom. The topological polar surface area (TPSA) is 55.3 Å². The number of likely N-dealkylation sites (tertiary alicyclic amines) is 1. The third-order valence-corrected chi connectivity index (χ3v) is 4.96. The Morgan fingerprint density at radius 1 is 1.29 bits per heavy atom. The van der Waals surface area contributed by atoms with Gasteiger partial charge in [-0.25, -0.2) is 9.97 Å². The van der Waals surface area contributed by atoms with E-state index in [1.54, 1.807) is 6.20 Å². The van der Waals surface area contributed by atoms with Gasteiger partial charge in [0.05, 0.1) is 11.3 Å². The molecule has 21 heavy (non-hydrogen) atoms. The van der Waals surface area contributed by atoms with Crippen LogP contribution < -0.4 is 0 Å². The van der Waals surface area contributed by atoms with Crippen LogP contribution in [0.15, 0.2) is 6.20 Å². The van der Waals surface area contributed by atoms with Gasteiger partial charge in [0, 0.05) is 38.4 Å². The first-order valence-electron chi connectivity index (χ1n) is 7.93. The Balaban J connectivity index is 1.46. The van der Waals surface area contributed by atoms with Gasteiger partial charge in [-0.1, -0.05) is 0 Å². The van der Waals surface area contributed by atoms with Crippen molar-refractivity contribution in [2.24, 2.45) is 11.8 Å². The van der Waals surface area contributed by atoms with Gasteiger partial charge < -0.3 is 9.64 Å². The molecule has 0 radical (unpaired) electrons. The van der Waals surface area contributed by atoms with Gasteiger partial charge in [-0.2, -0.15) is 0 Å². The zero-order valence-electron chi connectivity index (χ0n) is 12.4. The molecule has 2 aliphatic heterocycles. The number of rotatable bonds is 3. The molecule has 1 aliphatic carbocycles. The number of ether oxygens (including phenoxy) is 1. The number of carbonyl (C=O) groups is 1. The largest absolute Gasteiger partial charge is 0.381 e. The van der Waals surface area contributed by atoms with Gasteiger partial charge in [-0.3, -0.25) is 4.79 Å². The van der Waals surface area contributed by atoms with Crippen LogP contribution in [0, 0.1) is 18.8 Å². The second-order valence-electron chi connectivity index (χ2n) is 6.58. The lowest BCUT2D eigenvalue weighted by Gasteiger charge is -2.42. The molecule has 0 N–H and O–H groups in total. The lowest BCUT2D eigenvalue weighted by molar-refractivity contribution is 0.0340. The van der Waals surface area contributed by atoms with E-state index in [4.69, 9.17) is 4.74 Å². The van der Waals surface area contributed by atoms with Gasteiger partial charge in [0.15, 0.2) is 0 Å². The van der Waals surface area contributed by atoms with Crippen LogP contribution in [0.5, 0.6) is 0 Å². The van der Waals surface area contributed by atoms with Crippen molar-refractivity contribution in [2.45, 2.75) is 32.1 Å². The fourth-order valence-corrected chi connectivity index (χ4v) is 3.39. The molecule has 1 aromatic heterocycles. The van der Waals surface area contributed by atoms with Gasteiger partial charge in [0.1, 0.15) is 5.82 Å². The molecule has 2 saturated heterocycles. The highest BCUT2D eigenvalue weighted by molar-refractivity contribution is 5.95. The molecule has 1 unspecified atom stereocenters. The molecule has 0 bridgehead atoms. The Labute approximate surface area is 124 Å². The lowest BCUT2D eigenvalue weighted by atomic mass is 9.85. The maximum Gasteiger partial charge on any atom is 0.257 e. The number of amides is 1. The minimum absolute atomic E-state index is 0.118. The molecule has 3 heterocycles. The summed E-state index contributed by atoms with van der Waals surface area (Å²) < 4.78 is 5.44. The van der Waals surface area contributed by atoms with Crippen molar-refractivity contribution < 1.29 is 9.53 Å². The predicted molar refractivity (Wildman–Crippen MR) is 77.1 cm³/mol. The smallest absolute Gasteiger partial charge is 0.257 e. The monoisotopic (exact) mass is 287 g/mol. The number of aromatic nitrogens is 2. The second-order valence-corrected chi connectivity index (χ2v) is 6.58. The van der Waals surface area contributed by atoms with E-state index in [1.165, 1.54) is 0 Å². The Bertz CT molecular complexity index is 559. The van der Waals surface area contributed by atoms with Crippen molar-refractivity contribution in [3.63, 3.8) is 0 Å². The number of nitrogens with zero attached hydrogens (tertiary/aromatic N) is 3. The first-order valence-corrected chi connectivity index (χ1v) is 7.93. The van der Waals surface area contributed by atoms with Crippen LogP contribution in [0.2, 0.25) is 0 Å². The summed E-state index contributed by atoms with van der Waals surface area (Å²) in [6.07, 6.45) is 5.18. The molecule has 0 aromatic carbocycles. The standard InChI is InChI=1S/C16H21N3O2/c1-10-17-6-14(15(18-10)11-2-3-11)16(20)19-7-13(8-19)12-4-5-21-9-12/h6,11-13H,2-5,7-9H2,1H3. The van der Waals surface area contributed by atoms with Gasteiger partial charge in [0.2, 0.25) is 0 Å². The first kappa shape index (κ1) is 13.2. The van der Waals surface area contributed by atoms with Crippen LogP contribution >= 0.6 is 0 Å². The molecule has 1 aromatic rings. The zero-order chi connectivity index (χ0) is 14.4. The molecule has 4 rings (SSSR count). The summed E-state index contributed by atoms with van der Waals surface area (Å²) in [7, 11) is 0. The van der Waals surface area contributed by atoms with Gasteiger partial charge >= 0.3 is 0 Å². The first-order chi connectivity index (χ1) is 10.2. The van der Waals surface area contributed by atoms with E-state index in [0.29, 0.717) is 17.8 Å². The van der Waals surface area contributed by atoms with E-state index in [2.05, 4.69) is 9.97 Å². The van der Waals surface area contributed by atoms with E-state index >= 15 is 0 Å². The van der Waals surface area contributed by atoms with Gasteiger partial charge in [-0.15, -0.1) is 0 Å². The van der Waals surface area contributed by atoms with E-state index in [9.17, 15) is 4.79 Å². The highest BCUT2D eigenvalue weighted by Crippen LogP contribution is 2.41. The quantitative estimate of drug-likeness (QED) is 0.850. The number of aryl methyl sites for hydroxylation is 1. The van der Waals surface area contributed by atoms with E-state index < -0.39 is 0 Å². The van der Waals surface area contributed by atoms with Gasteiger partial charge in [-0.05, 0) is 38.0 Å². The van der Waals surface area contributed by atoms with Crippen molar-refractivity contribution in [1.82, 2.24) is 14.9 Å². The molecular formula is C16H21N3O2. The molecule has 3 aliphatic rings. The SMILES string of the molecule is Cc1ncc(C(=O)N2CC(C3CCOC3)C2)c(C2CC2)n1. The normalized spacial score (nSPS) is 26.0. The van der Waals surface area contributed by atoms with Crippen molar-refractivity contribution in [1.29, 1.82) is 0 Å². The molecule has 3 fully saturated rings. The fourth-order valence-electron chi connectivity index (χ4n) is 3.39. The molecule has 1 saturated carbocycles. The van der Waals surface area contributed by atoms with Gasteiger partial charge in [0.25, 0.3) is 5.91 Å². The van der Waals surface area contributed by atoms with E-state index in [-0.39, 0.29) is 5.91 Å². The Morgan fingerprint density at radius 2 is 2.10 bits per heavy atom. The average molecular weight is 287 g/mol. The number of hydrogen-bond acceptors (Lipinski definition) is 4. The Hall–Kier alpha value is -1.49. The summed E-state index contributed by atoms with van der Waals surface area (Å²) in [6.45, 7) is 5.37. The van der Waals surface area contributed by atoms with Crippen molar-refractivity contribution >= 4 is 5.91 Å². The second kappa shape index (κ2) is 5.05. The molecule has 5 heteroatoms. The van der Waals surface area contributed by atoms with Crippen LogP contribution in [0.4, 0.5) is 0 Å². The zero-order valence-corrected chi connectivity index (χ0v) is 12.4. The van der Waals surface area contributed by atoms with E-state index in [0.717, 1.165) is 62.6 Å². The lowest BCUT2D eigenvalue weighted by Crippen LogP contribution is -2.53. The number of carbonyl (C=O) groups excluding carboxylic acids is 1. The number of hydrogen-bond donors (Lipinski definition) is 0. The molecule has 112 valence electrons. The summed E-state index contributed by atoms with van der Waals surface area (Å²) in [5, 5.41) is 0. The van der Waals surface area contributed by atoms with Crippen molar-refractivity contribution in [3.05, 3.63) is 23.3 Å². The minimum atomic E-state index is 0.118. The molecule has 0 spiro atoms. The van der Waals surface area contributed by atoms with Crippen molar-refractivity contribution in [2.75, 3.05) is 26.3 Å². The molecular weight excluding hydrogens is 266 g/mol. The van der Waals surface area contributed by atoms with Crippen LogP contribution in [0.3, 0.4) is 0 Å². The summed E-state index contributed by atoms with van der Waals surface area (Å²) in [4.78, 5) is 23.4. The highest BCUT2D eigenvalue weighted by atomic mass is 16.5. The molecule has 5 nitrogen and oxygen atoms in total. The van der Waals surface area contributed by atoms with Crippen LogP contribution in [0.1, 0.15) is 47.1 Å². The maximum atomic E-state index is 12.7. The van der Waals surface area contributed by atoms with Crippen LogP contribution in [-0.4, -0.2) is 47.1 Å². The molecule has 1 amide bonds. The average Bonchev–Trinajstić information content (AvgIpc) is 3.14. The third-order valence-electron chi connectivity index (χ3n) is 4.96. The minimum Gasteiger partial charge on any atom is -0.381 e. The van der Waals surface area contributed by atoms with Crippen LogP contribution in [-0.2, 0) is 4.74 Å². The summed E-state index contributed by atoms with van der Waals surface area (Å²) in [5.41, 5.74) is 1.70. The summed E-state index contributed by atoms with van der Waals surface area (Å²) in [6, 6.07) is 0. The fraction of sp³-hybridized carbons (Fsp3) is 0.688. The van der Waals surface area contributed by atoms with E-state index in [1.807, 2.05) is 11.8 Å². The maximum absolute atomic E-state index is 12.7. The summed E-state index contributed by atoms with van der Waals surface area (Å²) >= 11 is 0. The van der Waals surface area contributed by atoms with Crippen LogP contribution in [0.25, 0.3) is 0 Å². The predicted octanol–water partition coefficient (Wildman–Crippen LogP) is 1.77. The highest BCUT2D eigenvalue weighted by Gasteiger charge is 2.39. The van der Waals surface area contributed by atoms with Crippen molar-refractivity contribution in [3.8, 4) is 0 Å².